The number of aromatic nitrogens is 1. The van der Waals surface area contributed by atoms with Crippen molar-refractivity contribution in [1.29, 1.82) is 0 Å². The molecule has 0 aliphatic carbocycles. The Morgan fingerprint density at radius 1 is 1.06 bits per heavy atom. The molecule has 1 amide bonds. The molecule has 0 unspecified atom stereocenters. The van der Waals surface area contributed by atoms with E-state index < -0.39 is 11.6 Å². The van der Waals surface area contributed by atoms with E-state index in [0.29, 0.717) is 49.6 Å². The smallest absolute Gasteiger partial charge is 0.276 e. The van der Waals surface area contributed by atoms with Crippen molar-refractivity contribution in [2.24, 2.45) is 0 Å². The summed E-state index contributed by atoms with van der Waals surface area (Å²) < 4.78 is 38.7. The second-order valence-corrected chi connectivity index (χ2v) is 8.46. The molecule has 1 aromatic heterocycles. The predicted molar refractivity (Wildman–Crippen MR) is 119 cm³/mol. The van der Waals surface area contributed by atoms with Crippen LogP contribution in [0, 0.1) is 32.4 Å². The summed E-state index contributed by atoms with van der Waals surface area (Å²) in [6.07, 6.45) is 0. The Kier molecular flexibility index (Phi) is 6.74. The summed E-state index contributed by atoms with van der Waals surface area (Å²) in [5.74, 6) is -0.615. The zero-order chi connectivity index (χ0) is 23.5. The van der Waals surface area contributed by atoms with Gasteiger partial charge in [-0.15, -0.1) is 0 Å². The lowest BCUT2D eigenvalue weighted by atomic mass is 10.1. The highest BCUT2D eigenvalue weighted by Crippen LogP contribution is 2.22. The quantitative estimate of drug-likeness (QED) is 0.551. The highest BCUT2D eigenvalue weighted by Gasteiger charge is 2.28. The molecule has 2 aromatic carbocycles. The van der Waals surface area contributed by atoms with Crippen LogP contribution in [0.1, 0.15) is 38.5 Å². The van der Waals surface area contributed by atoms with E-state index >= 15 is 0 Å². The molecule has 1 aliphatic heterocycles. The largest absolute Gasteiger partial charge is 0.489 e. The Morgan fingerprint density at radius 3 is 2.45 bits per heavy atom. The van der Waals surface area contributed by atoms with Crippen molar-refractivity contribution < 1.29 is 22.8 Å². The molecule has 1 saturated heterocycles. The molecule has 0 N–H and O–H groups in total. The number of halogens is 2. The summed E-state index contributed by atoms with van der Waals surface area (Å²) >= 11 is 0. The average Bonchev–Trinajstić information content (AvgIpc) is 3.15. The Hall–Kier alpha value is -3.26. The lowest BCUT2D eigenvalue weighted by Crippen LogP contribution is -2.48. The monoisotopic (exact) mass is 455 g/mol. The number of hydrogen-bond acceptors (Lipinski definition) is 5. The fraction of sp³-hybridized carbons (Fsp3) is 0.360. The number of rotatable bonds is 6. The van der Waals surface area contributed by atoms with Crippen molar-refractivity contribution in [3.05, 3.63) is 81.7 Å². The van der Waals surface area contributed by atoms with E-state index in [1.165, 1.54) is 6.07 Å². The molecule has 174 valence electrons. The first-order chi connectivity index (χ1) is 15.8. The molecular weight excluding hydrogens is 428 g/mol. The number of piperazine rings is 1. The van der Waals surface area contributed by atoms with Crippen LogP contribution in [-0.2, 0) is 13.2 Å². The minimum atomic E-state index is -0.849. The fourth-order valence-electron chi connectivity index (χ4n) is 4.07. The number of hydrogen-bond donors (Lipinski definition) is 0. The Morgan fingerprint density at radius 2 is 1.76 bits per heavy atom. The van der Waals surface area contributed by atoms with Crippen molar-refractivity contribution in [2.75, 3.05) is 26.2 Å². The third-order valence-corrected chi connectivity index (χ3v) is 5.85. The van der Waals surface area contributed by atoms with Crippen LogP contribution in [-0.4, -0.2) is 47.0 Å². The van der Waals surface area contributed by atoms with Crippen LogP contribution in [0.5, 0.6) is 5.75 Å². The highest BCUT2D eigenvalue weighted by atomic mass is 19.2. The summed E-state index contributed by atoms with van der Waals surface area (Å²) in [7, 11) is 0. The number of carbonyl (C=O) groups is 1. The van der Waals surface area contributed by atoms with Crippen molar-refractivity contribution in [1.82, 2.24) is 15.0 Å². The summed E-state index contributed by atoms with van der Waals surface area (Å²) in [4.78, 5) is 16.8. The van der Waals surface area contributed by atoms with Crippen LogP contribution in [0.4, 0.5) is 8.78 Å². The molecule has 0 saturated carbocycles. The number of aryl methyl sites for hydroxylation is 3. The standard InChI is InChI=1S/C25H27F2N3O3/c1-16-11-17(2)13-20(12-16)32-15-21-18(3)33-28-24(21)25(31)30-9-7-29(8-10-30)14-19-5-4-6-22(26)23(19)27/h4-6,11-13H,7-10,14-15H2,1-3H3. The van der Waals surface area contributed by atoms with Gasteiger partial charge in [0, 0.05) is 38.3 Å². The second kappa shape index (κ2) is 9.70. The maximum absolute atomic E-state index is 14.0. The Bertz CT molecular complexity index is 1130. The SMILES string of the molecule is Cc1cc(C)cc(OCc2c(C(=O)N3CCN(Cc4cccc(F)c4F)CC3)noc2C)c1. The van der Waals surface area contributed by atoms with Crippen LogP contribution in [0.25, 0.3) is 0 Å². The van der Waals surface area contributed by atoms with Crippen LogP contribution >= 0.6 is 0 Å². The topological polar surface area (TPSA) is 58.8 Å². The van der Waals surface area contributed by atoms with Gasteiger partial charge in [0.25, 0.3) is 5.91 Å². The molecule has 0 atom stereocenters. The maximum atomic E-state index is 14.0. The summed E-state index contributed by atoms with van der Waals surface area (Å²) in [5.41, 5.74) is 3.39. The zero-order valence-electron chi connectivity index (χ0n) is 19.0. The first kappa shape index (κ1) is 22.9. The third-order valence-electron chi connectivity index (χ3n) is 5.85. The van der Waals surface area contributed by atoms with Gasteiger partial charge in [0.2, 0.25) is 0 Å². The van der Waals surface area contributed by atoms with E-state index in [1.807, 2.05) is 30.9 Å². The van der Waals surface area contributed by atoms with Gasteiger partial charge in [-0.25, -0.2) is 8.78 Å². The maximum Gasteiger partial charge on any atom is 0.276 e. The molecular formula is C25H27F2N3O3. The van der Waals surface area contributed by atoms with Gasteiger partial charge in [-0.2, -0.15) is 0 Å². The van der Waals surface area contributed by atoms with E-state index in [-0.39, 0.29) is 18.2 Å². The zero-order valence-corrected chi connectivity index (χ0v) is 19.0. The van der Waals surface area contributed by atoms with E-state index in [4.69, 9.17) is 9.26 Å². The van der Waals surface area contributed by atoms with Gasteiger partial charge in [-0.3, -0.25) is 9.69 Å². The van der Waals surface area contributed by atoms with Crippen LogP contribution in [0.3, 0.4) is 0 Å². The van der Waals surface area contributed by atoms with Crippen molar-refractivity contribution in [2.45, 2.75) is 33.9 Å². The molecule has 0 bridgehead atoms. The number of amides is 1. The molecule has 8 heteroatoms. The number of carbonyl (C=O) groups excluding carboxylic acids is 1. The van der Waals surface area contributed by atoms with Crippen LogP contribution < -0.4 is 4.74 Å². The molecule has 1 aliphatic rings. The van der Waals surface area contributed by atoms with Crippen molar-refractivity contribution in [3.63, 3.8) is 0 Å². The molecule has 0 spiro atoms. The highest BCUT2D eigenvalue weighted by molar-refractivity contribution is 5.93. The molecule has 33 heavy (non-hydrogen) atoms. The second-order valence-electron chi connectivity index (χ2n) is 8.46. The van der Waals surface area contributed by atoms with E-state index in [2.05, 4.69) is 11.2 Å². The minimum Gasteiger partial charge on any atom is -0.489 e. The fourth-order valence-corrected chi connectivity index (χ4v) is 4.07. The van der Waals surface area contributed by atoms with E-state index in [1.54, 1.807) is 17.9 Å². The van der Waals surface area contributed by atoms with Gasteiger partial charge in [0.1, 0.15) is 18.1 Å². The molecule has 4 rings (SSSR count). The molecule has 6 nitrogen and oxygen atoms in total. The van der Waals surface area contributed by atoms with Gasteiger partial charge < -0.3 is 14.2 Å². The number of ether oxygens (including phenoxy) is 1. The normalized spacial score (nSPS) is 14.5. The third kappa shape index (κ3) is 5.22. The lowest BCUT2D eigenvalue weighted by molar-refractivity contribution is 0.0614. The molecule has 1 fully saturated rings. The summed E-state index contributed by atoms with van der Waals surface area (Å²) in [6.45, 7) is 8.25. The average molecular weight is 456 g/mol. The number of benzene rings is 2. The van der Waals surface area contributed by atoms with E-state index in [0.717, 1.165) is 22.9 Å². The minimum absolute atomic E-state index is 0.179. The van der Waals surface area contributed by atoms with Gasteiger partial charge in [-0.05, 0) is 50.1 Å². The molecule has 2 heterocycles. The predicted octanol–water partition coefficient (Wildman–Crippen LogP) is 4.42. The Labute approximate surface area is 191 Å². The Balaban J connectivity index is 1.38. The molecule has 0 radical (unpaired) electrons. The van der Waals surface area contributed by atoms with Crippen LogP contribution in [0.15, 0.2) is 40.9 Å². The van der Waals surface area contributed by atoms with Gasteiger partial charge in [0.15, 0.2) is 17.3 Å². The molecule has 3 aromatic rings. The van der Waals surface area contributed by atoms with Gasteiger partial charge >= 0.3 is 0 Å². The van der Waals surface area contributed by atoms with Gasteiger partial charge in [-0.1, -0.05) is 23.4 Å². The number of nitrogens with zero attached hydrogens (tertiary/aromatic N) is 3. The lowest BCUT2D eigenvalue weighted by Gasteiger charge is -2.34. The first-order valence-electron chi connectivity index (χ1n) is 10.9. The van der Waals surface area contributed by atoms with Crippen molar-refractivity contribution in [3.8, 4) is 5.75 Å². The van der Waals surface area contributed by atoms with Crippen molar-refractivity contribution >= 4 is 5.91 Å². The van der Waals surface area contributed by atoms with Gasteiger partial charge in [0.05, 0.1) is 5.56 Å². The summed E-state index contributed by atoms with van der Waals surface area (Å²) in [6, 6.07) is 10.1. The van der Waals surface area contributed by atoms with E-state index in [9.17, 15) is 13.6 Å². The first-order valence-corrected chi connectivity index (χ1v) is 10.9. The summed E-state index contributed by atoms with van der Waals surface area (Å²) in [5, 5.41) is 4.00. The van der Waals surface area contributed by atoms with Crippen LogP contribution in [0.2, 0.25) is 0 Å².